The van der Waals surface area contributed by atoms with Gasteiger partial charge < -0.3 is 4.74 Å². The first-order chi connectivity index (χ1) is 7.11. The minimum Gasteiger partial charge on any atom is -0.497 e. The molecular formula is C11H13NO3. The van der Waals surface area contributed by atoms with Crippen molar-refractivity contribution in [2.75, 3.05) is 7.11 Å². The van der Waals surface area contributed by atoms with Crippen LogP contribution < -0.4 is 10.1 Å². The molecular weight excluding hydrogens is 194 g/mol. The lowest BCUT2D eigenvalue weighted by atomic mass is 10.1. The predicted octanol–water partition coefficient (Wildman–Crippen LogP) is 0.900. The third-order valence-electron chi connectivity index (χ3n) is 1.84. The van der Waals surface area contributed by atoms with Crippen LogP contribution in [-0.2, 0) is 16.0 Å². The molecule has 1 N–H and O–H groups in total. The summed E-state index contributed by atoms with van der Waals surface area (Å²) in [5.41, 5.74) is 0.842. The van der Waals surface area contributed by atoms with E-state index in [9.17, 15) is 9.59 Å². The van der Waals surface area contributed by atoms with E-state index >= 15 is 0 Å². The predicted molar refractivity (Wildman–Crippen MR) is 55.5 cm³/mol. The lowest BCUT2D eigenvalue weighted by Gasteiger charge is -2.03. The molecule has 2 amide bonds. The molecule has 15 heavy (non-hydrogen) atoms. The Morgan fingerprint density at radius 1 is 1.27 bits per heavy atom. The topological polar surface area (TPSA) is 55.4 Å². The van der Waals surface area contributed by atoms with Crippen LogP contribution in [0, 0.1) is 0 Å². The Kier molecular flexibility index (Phi) is 3.85. The highest BCUT2D eigenvalue weighted by Crippen LogP contribution is 2.11. The highest BCUT2D eigenvalue weighted by atomic mass is 16.5. The van der Waals surface area contributed by atoms with Crippen molar-refractivity contribution in [3.63, 3.8) is 0 Å². The van der Waals surface area contributed by atoms with E-state index in [0.717, 1.165) is 11.3 Å². The number of amides is 2. The summed E-state index contributed by atoms with van der Waals surface area (Å²) in [4.78, 5) is 21.8. The molecule has 0 aliphatic rings. The van der Waals surface area contributed by atoms with Crippen LogP contribution in [0.1, 0.15) is 12.5 Å². The van der Waals surface area contributed by atoms with Gasteiger partial charge in [-0.3, -0.25) is 14.9 Å². The first-order valence-electron chi connectivity index (χ1n) is 4.55. The molecule has 0 aliphatic heterocycles. The Labute approximate surface area is 88.2 Å². The van der Waals surface area contributed by atoms with Gasteiger partial charge in [0.1, 0.15) is 5.75 Å². The Bertz CT molecular complexity index is 357. The van der Waals surface area contributed by atoms with E-state index < -0.39 is 0 Å². The number of methoxy groups -OCH3 is 1. The molecule has 0 atom stereocenters. The van der Waals surface area contributed by atoms with Crippen molar-refractivity contribution < 1.29 is 14.3 Å². The van der Waals surface area contributed by atoms with Gasteiger partial charge in [0.15, 0.2) is 0 Å². The second-order valence-electron chi connectivity index (χ2n) is 3.13. The minimum atomic E-state index is -0.339. The Morgan fingerprint density at radius 2 is 1.87 bits per heavy atom. The Balaban J connectivity index is 2.57. The molecule has 0 unspecified atom stereocenters. The van der Waals surface area contributed by atoms with Crippen molar-refractivity contribution >= 4 is 11.8 Å². The Hall–Kier alpha value is -1.84. The van der Waals surface area contributed by atoms with Crippen molar-refractivity contribution in [1.82, 2.24) is 5.32 Å². The van der Waals surface area contributed by atoms with Gasteiger partial charge >= 0.3 is 0 Å². The van der Waals surface area contributed by atoms with Crippen LogP contribution in [0.5, 0.6) is 5.75 Å². The van der Waals surface area contributed by atoms with E-state index in [1.165, 1.54) is 6.92 Å². The van der Waals surface area contributed by atoms with E-state index in [0.29, 0.717) is 0 Å². The third kappa shape index (κ3) is 3.81. The molecule has 1 aromatic rings. The van der Waals surface area contributed by atoms with Crippen molar-refractivity contribution in [2.24, 2.45) is 0 Å². The quantitative estimate of drug-likeness (QED) is 0.801. The molecule has 0 aromatic heterocycles. The first-order valence-corrected chi connectivity index (χ1v) is 4.55. The number of nitrogens with one attached hydrogen (secondary N) is 1. The van der Waals surface area contributed by atoms with Gasteiger partial charge in [0, 0.05) is 6.92 Å². The molecule has 0 aliphatic carbocycles. The van der Waals surface area contributed by atoms with Crippen molar-refractivity contribution in [3.8, 4) is 5.75 Å². The normalized spacial score (nSPS) is 9.47. The summed E-state index contributed by atoms with van der Waals surface area (Å²) >= 11 is 0. The standard InChI is InChI=1S/C11H13NO3/c1-8(13)12-11(14)7-9-3-5-10(15-2)6-4-9/h3-6H,7H2,1-2H3,(H,12,13,14). The maximum Gasteiger partial charge on any atom is 0.230 e. The molecule has 0 saturated heterocycles. The van der Waals surface area contributed by atoms with Gasteiger partial charge in [-0.1, -0.05) is 12.1 Å². The summed E-state index contributed by atoms with van der Waals surface area (Å²) in [5, 5.41) is 2.21. The van der Waals surface area contributed by atoms with E-state index in [2.05, 4.69) is 5.32 Å². The van der Waals surface area contributed by atoms with Gasteiger partial charge in [0.2, 0.25) is 11.8 Å². The van der Waals surface area contributed by atoms with Gasteiger partial charge in [-0.05, 0) is 17.7 Å². The third-order valence-corrected chi connectivity index (χ3v) is 1.84. The van der Waals surface area contributed by atoms with Crippen LogP contribution in [0.3, 0.4) is 0 Å². The number of carbonyl (C=O) groups is 2. The average molecular weight is 207 g/mol. The van der Waals surface area contributed by atoms with Gasteiger partial charge in [-0.2, -0.15) is 0 Å². The maximum atomic E-state index is 11.2. The number of hydrogen-bond donors (Lipinski definition) is 1. The van der Waals surface area contributed by atoms with Crippen LogP contribution in [0.2, 0.25) is 0 Å². The summed E-state index contributed by atoms with van der Waals surface area (Å²) in [6.45, 7) is 1.31. The van der Waals surface area contributed by atoms with E-state index in [1.54, 1.807) is 31.4 Å². The molecule has 0 radical (unpaired) electrons. The van der Waals surface area contributed by atoms with E-state index in [-0.39, 0.29) is 18.2 Å². The van der Waals surface area contributed by atoms with Crippen LogP contribution in [0.4, 0.5) is 0 Å². The maximum absolute atomic E-state index is 11.2. The highest BCUT2D eigenvalue weighted by molar-refractivity contribution is 5.94. The number of benzene rings is 1. The average Bonchev–Trinajstić information content (AvgIpc) is 2.17. The molecule has 1 rings (SSSR count). The van der Waals surface area contributed by atoms with Crippen LogP contribution in [0.25, 0.3) is 0 Å². The summed E-state index contributed by atoms with van der Waals surface area (Å²) in [6.07, 6.45) is 0.198. The van der Waals surface area contributed by atoms with Crippen LogP contribution in [0.15, 0.2) is 24.3 Å². The van der Waals surface area contributed by atoms with Crippen molar-refractivity contribution in [3.05, 3.63) is 29.8 Å². The monoisotopic (exact) mass is 207 g/mol. The second kappa shape index (κ2) is 5.14. The van der Waals surface area contributed by atoms with E-state index in [4.69, 9.17) is 4.74 Å². The Morgan fingerprint density at radius 3 is 2.33 bits per heavy atom. The zero-order chi connectivity index (χ0) is 11.3. The molecule has 0 saturated carbocycles. The van der Waals surface area contributed by atoms with Crippen molar-refractivity contribution in [2.45, 2.75) is 13.3 Å². The van der Waals surface area contributed by atoms with Crippen molar-refractivity contribution in [1.29, 1.82) is 0 Å². The highest BCUT2D eigenvalue weighted by Gasteiger charge is 2.04. The summed E-state index contributed by atoms with van der Waals surface area (Å²) in [5.74, 6) is 0.104. The molecule has 4 nitrogen and oxygen atoms in total. The molecule has 80 valence electrons. The lowest BCUT2D eigenvalue weighted by molar-refractivity contribution is -0.128. The molecule has 0 bridgehead atoms. The molecule has 4 heteroatoms. The van der Waals surface area contributed by atoms with Gasteiger partial charge in [0.25, 0.3) is 0 Å². The molecule has 1 aromatic carbocycles. The number of rotatable bonds is 3. The summed E-state index contributed by atoms with van der Waals surface area (Å²) in [6, 6.07) is 7.13. The van der Waals surface area contributed by atoms with Gasteiger partial charge in [0.05, 0.1) is 13.5 Å². The second-order valence-corrected chi connectivity index (χ2v) is 3.13. The largest absolute Gasteiger partial charge is 0.497 e. The zero-order valence-corrected chi connectivity index (χ0v) is 8.74. The fourth-order valence-corrected chi connectivity index (χ4v) is 1.17. The summed E-state index contributed by atoms with van der Waals surface area (Å²) in [7, 11) is 1.58. The first kappa shape index (κ1) is 11.2. The number of hydrogen-bond acceptors (Lipinski definition) is 3. The number of ether oxygens (including phenoxy) is 1. The van der Waals surface area contributed by atoms with Crippen LogP contribution >= 0.6 is 0 Å². The minimum absolute atomic E-state index is 0.198. The summed E-state index contributed by atoms with van der Waals surface area (Å²) < 4.78 is 4.98. The SMILES string of the molecule is COc1ccc(CC(=O)NC(C)=O)cc1. The molecule has 0 spiro atoms. The van der Waals surface area contributed by atoms with Crippen LogP contribution in [-0.4, -0.2) is 18.9 Å². The van der Waals surface area contributed by atoms with Gasteiger partial charge in [-0.15, -0.1) is 0 Å². The van der Waals surface area contributed by atoms with E-state index in [1.807, 2.05) is 0 Å². The fourth-order valence-electron chi connectivity index (χ4n) is 1.17. The zero-order valence-electron chi connectivity index (χ0n) is 8.74. The lowest BCUT2D eigenvalue weighted by Crippen LogP contribution is -2.29. The number of imide groups is 1. The molecule has 0 fully saturated rings. The number of carbonyl (C=O) groups excluding carboxylic acids is 2. The smallest absolute Gasteiger partial charge is 0.230 e. The molecule has 0 heterocycles. The fraction of sp³-hybridized carbons (Fsp3) is 0.273. The van der Waals surface area contributed by atoms with Gasteiger partial charge in [-0.25, -0.2) is 0 Å².